The molecule has 0 aromatic heterocycles. The minimum absolute atomic E-state index is 0.429. The van der Waals surface area contributed by atoms with E-state index in [-0.39, 0.29) is 0 Å². The Kier molecular flexibility index (Phi) is 4.04. The Bertz CT molecular complexity index is 340. The number of carbonyl (C=O) groups is 1. The molecule has 0 spiro atoms. The molecule has 88 valence electrons. The first-order valence-electron chi connectivity index (χ1n) is 5.02. The first-order chi connectivity index (χ1) is 7.45. The molecule has 0 saturated heterocycles. The van der Waals surface area contributed by atoms with E-state index in [9.17, 15) is 4.79 Å². The fourth-order valence-electron chi connectivity index (χ4n) is 1.21. The average Bonchev–Trinajstić information content (AvgIpc) is 2.17. The van der Waals surface area contributed by atoms with Gasteiger partial charge in [-0.05, 0) is 12.1 Å². The smallest absolute Gasteiger partial charge is 0.344 e. The second-order valence-electron chi connectivity index (χ2n) is 4.59. The number of esters is 1. The molecule has 0 aliphatic rings. The van der Waals surface area contributed by atoms with Crippen molar-refractivity contribution in [3.8, 4) is 5.75 Å². The maximum Gasteiger partial charge on any atom is 0.344 e. The van der Waals surface area contributed by atoms with Crippen molar-refractivity contribution in [2.45, 2.75) is 26.9 Å². The predicted molar refractivity (Wildman–Crippen MR) is 59.0 cm³/mol. The summed E-state index contributed by atoms with van der Waals surface area (Å²) >= 11 is 0. The van der Waals surface area contributed by atoms with E-state index in [4.69, 9.17) is 9.99 Å². The van der Waals surface area contributed by atoms with E-state index in [2.05, 4.69) is 4.89 Å². The zero-order valence-corrected chi connectivity index (χ0v) is 9.64. The van der Waals surface area contributed by atoms with Crippen LogP contribution in [-0.2, 0) is 9.68 Å². The molecule has 1 unspecified atom stereocenters. The lowest BCUT2D eigenvalue weighted by atomic mass is 9.89. The van der Waals surface area contributed by atoms with Crippen molar-refractivity contribution >= 4 is 5.97 Å². The molecular formula is C12H16O4. The van der Waals surface area contributed by atoms with Crippen LogP contribution in [0, 0.1) is 5.41 Å². The van der Waals surface area contributed by atoms with Crippen molar-refractivity contribution in [1.29, 1.82) is 0 Å². The van der Waals surface area contributed by atoms with Crippen molar-refractivity contribution in [2.24, 2.45) is 5.41 Å². The highest BCUT2D eigenvalue weighted by atomic mass is 17.1. The number of hydrogen-bond acceptors (Lipinski definition) is 4. The van der Waals surface area contributed by atoms with E-state index < -0.39 is 17.5 Å². The average molecular weight is 224 g/mol. The van der Waals surface area contributed by atoms with Crippen molar-refractivity contribution in [2.75, 3.05) is 0 Å². The molecular weight excluding hydrogens is 208 g/mol. The third-order valence-corrected chi connectivity index (χ3v) is 2.07. The normalized spacial score (nSPS) is 13.2. The number of rotatable bonds is 3. The summed E-state index contributed by atoms with van der Waals surface area (Å²) in [4.78, 5) is 15.9. The Morgan fingerprint density at radius 3 is 2.25 bits per heavy atom. The molecule has 1 aromatic carbocycles. The molecule has 0 fully saturated rings. The highest BCUT2D eigenvalue weighted by molar-refractivity contribution is 5.78. The van der Waals surface area contributed by atoms with Gasteiger partial charge in [0.05, 0.1) is 0 Å². The summed E-state index contributed by atoms with van der Waals surface area (Å²) in [7, 11) is 0. The monoisotopic (exact) mass is 224 g/mol. The van der Waals surface area contributed by atoms with Crippen LogP contribution in [0.4, 0.5) is 0 Å². The number of hydrogen-bond donors (Lipinski definition) is 1. The van der Waals surface area contributed by atoms with Gasteiger partial charge in [-0.2, -0.15) is 0 Å². The van der Waals surface area contributed by atoms with E-state index in [0.717, 1.165) is 0 Å². The summed E-state index contributed by atoms with van der Waals surface area (Å²) in [5, 5.41) is 8.71. The molecule has 16 heavy (non-hydrogen) atoms. The van der Waals surface area contributed by atoms with Gasteiger partial charge in [0.15, 0.2) is 6.10 Å². The summed E-state index contributed by atoms with van der Waals surface area (Å²) in [5.41, 5.74) is -0.527. The van der Waals surface area contributed by atoms with Crippen LogP contribution in [0.15, 0.2) is 30.3 Å². The summed E-state index contributed by atoms with van der Waals surface area (Å²) in [6, 6.07) is 8.66. The predicted octanol–water partition coefficient (Wildman–Crippen LogP) is 2.50. The fraction of sp³-hybridized carbons (Fsp3) is 0.417. The third-order valence-electron chi connectivity index (χ3n) is 2.07. The maximum atomic E-state index is 11.7. The number of ether oxygens (including phenoxy) is 1. The van der Waals surface area contributed by atoms with Crippen molar-refractivity contribution in [3.63, 3.8) is 0 Å². The molecule has 1 rings (SSSR count). The molecule has 0 heterocycles. The molecule has 4 nitrogen and oxygen atoms in total. The van der Waals surface area contributed by atoms with Gasteiger partial charge in [0, 0.05) is 5.41 Å². The summed E-state index contributed by atoms with van der Waals surface area (Å²) in [5.74, 6) is -0.181. The molecule has 0 aliphatic heterocycles. The van der Waals surface area contributed by atoms with Crippen LogP contribution in [0.25, 0.3) is 0 Å². The van der Waals surface area contributed by atoms with E-state index in [1.165, 1.54) is 0 Å². The van der Waals surface area contributed by atoms with Gasteiger partial charge in [-0.15, -0.1) is 0 Å². The second kappa shape index (κ2) is 5.09. The van der Waals surface area contributed by atoms with E-state index in [0.29, 0.717) is 5.75 Å². The summed E-state index contributed by atoms with van der Waals surface area (Å²) < 4.78 is 5.07. The summed E-state index contributed by atoms with van der Waals surface area (Å²) in [6.45, 7) is 5.33. The van der Waals surface area contributed by atoms with Crippen LogP contribution in [0.5, 0.6) is 5.75 Å². The Labute approximate surface area is 94.7 Å². The summed E-state index contributed by atoms with van der Waals surface area (Å²) in [6.07, 6.45) is -1.01. The standard InChI is InChI=1S/C12H16O4/c1-12(2,3)10(16-14)11(13)15-9-7-5-4-6-8-9/h4-8,10,14H,1-3H3. The van der Waals surface area contributed by atoms with Gasteiger partial charge in [-0.1, -0.05) is 39.0 Å². The Morgan fingerprint density at radius 1 is 1.25 bits per heavy atom. The van der Waals surface area contributed by atoms with Gasteiger partial charge in [-0.25, -0.2) is 9.68 Å². The van der Waals surface area contributed by atoms with E-state index >= 15 is 0 Å². The van der Waals surface area contributed by atoms with Gasteiger partial charge < -0.3 is 4.74 Å². The Balaban J connectivity index is 2.71. The lowest BCUT2D eigenvalue weighted by Crippen LogP contribution is -2.39. The van der Waals surface area contributed by atoms with Crippen LogP contribution in [0.2, 0.25) is 0 Å². The van der Waals surface area contributed by atoms with E-state index in [1.807, 2.05) is 6.07 Å². The molecule has 0 amide bonds. The van der Waals surface area contributed by atoms with Crippen molar-refractivity contribution < 1.29 is 19.7 Å². The van der Waals surface area contributed by atoms with Crippen molar-refractivity contribution in [3.05, 3.63) is 30.3 Å². The Hall–Kier alpha value is -1.39. The SMILES string of the molecule is CC(C)(C)C(OO)C(=O)Oc1ccccc1. The van der Waals surface area contributed by atoms with Gasteiger partial charge in [0.25, 0.3) is 0 Å². The lowest BCUT2D eigenvalue weighted by molar-refractivity contribution is -0.294. The number of carbonyl (C=O) groups excluding carboxylic acids is 1. The molecule has 0 aliphatic carbocycles. The zero-order valence-electron chi connectivity index (χ0n) is 9.64. The number of benzene rings is 1. The topological polar surface area (TPSA) is 55.8 Å². The van der Waals surface area contributed by atoms with E-state index in [1.54, 1.807) is 45.0 Å². The van der Waals surface area contributed by atoms with Gasteiger partial charge >= 0.3 is 5.97 Å². The van der Waals surface area contributed by atoms with Crippen LogP contribution < -0.4 is 4.74 Å². The van der Waals surface area contributed by atoms with Crippen LogP contribution in [-0.4, -0.2) is 17.3 Å². The van der Waals surface area contributed by atoms with Gasteiger partial charge in [0.2, 0.25) is 0 Å². The third kappa shape index (κ3) is 3.32. The first kappa shape index (κ1) is 12.7. The maximum absolute atomic E-state index is 11.7. The Morgan fingerprint density at radius 2 is 1.81 bits per heavy atom. The zero-order chi connectivity index (χ0) is 12.2. The van der Waals surface area contributed by atoms with Crippen LogP contribution >= 0.6 is 0 Å². The highest BCUT2D eigenvalue weighted by Gasteiger charge is 2.34. The fourth-order valence-corrected chi connectivity index (χ4v) is 1.21. The molecule has 4 heteroatoms. The minimum atomic E-state index is -1.01. The van der Waals surface area contributed by atoms with Crippen LogP contribution in [0.1, 0.15) is 20.8 Å². The van der Waals surface area contributed by atoms with Crippen LogP contribution in [0.3, 0.4) is 0 Å². The molecule has 1 N–H and O–H groups in total. The van der Waals surface area contributed by atoms with Crippen molar-refractivity contribution in [1.82, 2.24) is 0 Å². The first-order valence-corrected chi connectivity index (χ1v) is 5.02. The molecule has 0 saturated carbocycles. The van der Waals surface area contributed by atoms with Gasteiger partial charge in [0.1, 0.15) is 5.75 Å². The molecule has 0 radical (unpaired) electrons. The molecule has 0 bridgehead atoms. The highest BCUT2D eigenvalue weighted by Crippen LogP contribution is 2.23. The second-order valence-corrected chi connectivity index (χ2v) is 4.59. The van der Waals surface area contributed by atoms with Gasteiger partial charge in [-0.3, -0.25) is 5.26 Å². The number of para-hydroxylation sites is 1. The molecule has 1 atom stereocenters. The lowest BCUT2D eigenvalue weighted by Gasteiger charge is -2.25. The minimum Gasteiger partial charge on any atom is -0.425 e. The largest absolute Gasteiger partial charge is 0.425 e. The molecule has 1 aromatic rings. The quantitative estimate of drug-likeness (QED) is 0.371.